The van der Waals surface area contributed by atoms with Crippen LogP contribution in [-0.4, -0.2) is 19.7 Å². The minimum absolute atomic E-state index is 0.0583. The van der Waals surface area contributed by atoms with Crippen molar-refractivity contribution in [2.45, 2.75) is 24.8 Å². The van der Waals surface area contributed by atoms with Gasteiger partial charge in [-0.2, -0.15) is 0 Å². The van der Waals surface area contributed by atoms with E-state index in [4.69, 9.17) is 4.42 Å². The maximum atomic E-state index is 12.6. The highest BCUT2D eigenvalue weighted by atomic mass is 32.2. The Kier molecular flexibility index (Phi) is 4.53. The zero-order chi connectivity index (χ0) is 19.0. The van der Waals surface area contributed by atoms with Gasteiger partial charge in [0.2, 0.25) is 11.8 Å². The van der Waals surface area contributed by atoms with Gasteiger partial charge in [0.05, 0.1) is 16.7 Å². The Morgan fingerprint density at radius 2 is 1.78 bits per heavy atom. The number of rotatable bonds is 4. The van der Waals surface area contributed by atoms with Gasteiger partial charge < -0.3 is 4.42 Å². The average Bonchev–Trinajstić information content (AvgIpc) is 3.13. The number of thioether (sulfide) groups is 1. The molecule has 0 bridgehead atoms. The minimum Gasteiger partial charge on any atom is -0.420 e. The van der Waals surface area contributed by atoms with Crippen molar-refractivity contribution in [1.82, 2.24) is 19.7 Å². The lowest BCUT2D eigenvalue weighted by Crippen LogP contribution is -2.20. The molecule has 0 aliphatic heterocycles. The maximum Gasteiger partial charge on any atom is 0.261 e. The van der Waals surface area contributed by atoms with E-state index in [-0.39, 0.29) is 5.56 Å². The molecule has 0 atom stereocenters. The molecule has 0 fully saturated rings. The van der Waals surface area contributed by atoms with Gasteiger partial charge in [-0.3, -0.25) is 9.36 Å². The van der Waals surface area contributed by atoms with Gasteiger partial charge in [0.15, 0.2) is 5.16 Å². The summed E-state index contributed by atoms with van der Waals surface area (Å²) in [5.41, 5.74) is 3.73. The quantitative estimate of drug-likeness (QED) is 0.396. The second kappa shape index (κ2) is 7.00. The average molecular weight is 378 g/mol. The molecule has 0 spiro atoms. The largest absolute Gasteiger partial charge is 0.420 e. The Labute approximate surface area is 160 Å². The van der Waals surface area contributed by atoms with E-state index in [9.17, 15) is 4.79 Å². The highest BCUT2D eigenvalue weighted by Gasteiger charge is 2.13. The number of hydrogen-bond acceptors (Lipinski definition) is 6. The molecule has 0 unspecified atom stereocenters. The SMILES string of the molecule is Cc1ccc(-c2nnc(CSc3nc4ccc(C)cc4c(=O)n3C)o2)cc1. The van der Waals surface area contributed by atoms with Gasteiger partial charge in [-0.15, -0.1) is 10.2 Å². The van der Waals surface area contributed by atoms with Crippen molar-refractivity contribution >= 4 is 22.7 Å². The molecule has 7 heteroatoms. The van der Waals surface area contributed by atoms with Crippen molar-refractivity contribution in [2.75, 3.05) is 0 Å². The smallest absolute Gasteiger partial charge is 0.261 e. The summed E-state index contributed by atoms with van der Waals surface area (Å²) >= 11 is 1.40. The standard InChI is InChI=1S/C20H18N4O2S/c1-12-4-7-14(8-5-12)18-23-22-17(26-18)11-27-20-21-16-9-6-13(2)10-15(16)19(25)24(20)3/h4-10H,11H2,1-3H3. The fourth-order valence-electron chi connectivity index (χ4n) is 2.74. The van der Waals surface area contributed by atoms with Crippen LogP contribution in [0, 0.1) is 13.8 Å². The summed E-state index contributed by atoms with van der Waals surface area (Å²) in [7, 11) is 1.73. The Hall–Kier alpha value is -2.93. The third kappa shape index (κ3) is 3.50. The molecule has 2 aromatic heterocycles. The zero-order valence-corrected chi connectivity index (χ0v) is 16.1. The number of fused-ring (bicyclic) bond motifs is 1. The molecule has 0 saturated heterocycles. The topological polar surface area (TPSA) is 73.8 Å². The van der Waals surface area contributed by atoms with Gasteiger partial charge in [-0.1, -0.05) is 41.1 Å². The first-order valence-corrected chi connectivity index (χ1v) is 9.49. The highest BCUT2D eigenvalue weighted by Crippen LogP contribution is 2.24. The predicted molar refractivity (Wildman–Crippen MR) is 106 cm³/mol. The minimum atomic E-state index is -0.0583. The lowest BCUT2D eigenvalue weighted by atomic mass is 10.1. The van der Waals surface area contributed by atoms with E-state index >= 15 is 0 Å². The summed E-state index contributed by atoms with van der Waals surface area (Å²) in [6, 6.07) is 13.6. The second-order valence-corrected chi connectivity index (χ2v) is 7.38. The third-order valence-corrected chi connectivity index (χ3v) is 5.29. The molecule has 4 rings (SSSR count). The Morgan fingerprint density at radius 1 is 1.04 bits per heavy atom. The fourth-order valence-corrected chi connectivity index (χ4v) is 3.55. The number of hydrogen-bond donors (Lipinski definition) is 0. The zero-order valence-electron chi connectivity index (χ0n) is 15.3. The molecule has 4 aromatic rings. The molecule has 0 amide bonds. The van der Waals surface area contributed by atoms with E-state index in [1.165, 1.54) is 17.3 Å². The summed E-state index contributed by atoms with van der Waals surface area (Å²) in [5, 5.41) is 9.46. The lowest BCUT2D eigenvalue weighted by molar-refractivity contribution is 0.528. The first kappa shape index (κ1) is 17.5. The molecule has 6 nitrogen and oxygen atoms in total. The van der Waals surface area contributed by atoms with Crippen LogP contribution in [0.4, 0.5) is 0 Å². The van der Waals surface area contributed by atoms with E-state index in [1.54, 1.807) is 11.6 Å². The first-order valence-electron chi connectivity index (χ1n) is 8.51. The maximum absolute atomic E-state index is 12.6. The van der Waals surface area contributed by atoms with Crippen molar-refractivity contribution < 1.29 is 4.42 Å². The summed E-state index contributed by atoms with van der Waals surface area (Å²) < 4.78 is 7.31. The van der Waals surface area contributed by atoms with Crippen LogP contribution >= 0.6 is 11.8 Å². The van der Waals surface area contributed by atoms with Crippen molar-refractivity contribution in [1.29, 1.82) is 0 Å². The first-order chi connectivity index (χ1) is 13.0. The van der Waals surface area contributed by atoms with Gasteiger partial charge in [-0.05, 0) is 38.1 Å². The lowest BCUT2D eigenvalue weighted by Gasteiger charge is -2.08. The monoisotopic (exact) mass is 378 g/mol. The number of aromatic nitrogens is 4. The molecule has 27 heavy (non-hydrogen) atoms. The van der Waals surface area contributed by atoms with E-state index in [0.29, 0.717) is 33.6 Å². The van der Waals surface area contributed by atoms with Crippen LogP contribution in [0.25, 0.3) is 22.4 Å². The summed E-state index contributed by atoms with van der Waals surface area (Å²) in [6.45, 7) is 3.99. The van der Waals surface area contributed by atoms with Gasteiger partial charge in [0.1, 0.15) is 0 Å². The van der Waals surface area contributed by atoms with Crippen molar-refractivity contribution in [3.05, 3.63) is 69.8 Å². The highest BCUT2D eigenvalue weighted by molar-refractivity contribution is 7.98. The van der Waals surface area contributed by atoms with Crippen LogP contribution in [0.5, 0.6) is 0 Å². The number of benzene rings is 2. The second-order valence-electron chi connectivity index (χ2n) is 6.43. The molecule has 0 aliphatic rings. The van der Waals surface area contributed by atoms with Gasteiger partial charge >= 0.3 is 0 Å². The van der Waals surface area contributed by atoms with Crippen LogP contribution < -0.4 is 5.56 Å². The molecule has 2 heterocycles. The summed E-state index contributed by atoms with van der Waals surface area (Å²) in [4.78, 5) is 17.2. The van der Waals surface area contributed by atoms with E-state index in [1.807, 2.05) is 56.3 Å². The predicted octanol–water partition coefficient (Wildman–Crippen LogP) is 3.89. The van der Waals surface area contributed by atoms with Gasteiger partial charge in [-0.25, -0.2) is 4.98 Å². The van der Waals surface area contributed by atoms with Crippen molar-refractivity contribution in [3.8, 4) is 11.5 Å². The molecule has 0 radical (unpaired) electrons. The number of nitrogens with zero attached hydrogens (tertiary/aromatic N) is 4. The molecular formula is C20H18N4O2S. The molecular weight excluding hydrogens is 360 g/mol. The normalized spacial score (nSPS) is 11.2. The van der Waals surface area contributed by atoms with Crippen LogP contribution in [0.1, 0.15) is 17.0 Å². The summed E-state index contributed by atoms with van der Waals surface area (Å²) in [5.74, 6) is 1.42. The third-order valence-electron chi connectivity index (χ3n) is 4.28. The van der Waals surface area contributed by atoms with Crippen LogP contribution in [0.15, 0.2) is 56.8 Å². The summed E-state index contributed by atoms with van der Waals surface area (Å²) in [6.07, 6.45) is 0. The van der Waals surface area contributed by atoms with E-state index in [2.05, 4.69) is 15.2 Å². The molecule has 136 valence electrons. The Bertz CT molecular complexity index is 1180. The van der Waals surface area contributed by atoms with Gasteiger partial charge in [0.25, 0.3) is 5.56 Å². The van der Waals surface area contributed by atoms with E-state index < -0.39 is 0 Å². The Balaban J connectivity index is 1.57. The molecule has 0 N–H and O–H groups in total. The van der Waals surface area contributed by atoms with Crippen molar-refractivity contribution in [3.63, 3.8) is 0 Å². The fraction of sp³-hybridized carbons (Fsp3) is 0.200. The van der Waals surface area contributed by atoms with Gasteiger partial charge in [0, 0.05) is 12.6 Å². The van der Waals surface area contributed by atoms with Crippen LogP contribution in [0.2, 0.25) is 0 Å². The van der Waals surface area contributed by atoms with Crippen molar-refractivity contribution in [2.24, 2.45) is 7.05 Å². The van der Waals surface area contributed by atoms with Crippen LogP contribution in [-0.2, 0) is 12.8 Å². The van der Waals surface area contributed by atoms with E-state index in [0.717, 1.165) is 11.1 Å². The molecule has 0 aliphatic carbocycles. The Morgan fingerprint density at radius 3 is 2.56 bits per heavy atom. The number of aryl methyl sites for hydroxylation is 2. The molecule has 2 aromatic carbocycles. The molecule has 0 saturated carbocycles. The van der Waals surface area contributed by atoms with Crippen LogP contribution in [0.3, 0.4) is 0 Å².